The molecule has 2 aromatic carbocycles. The summed E-state index contributed by atoms with van der Waals surface area (Å²) in [5.74, 6) is 0.716. The van der Waals surface area contributed by atoms with Crippen molar-refractivity contribution in [1.82, 2.24) is 0 Å². The second-order valence-electron chi connectivity index (χ2n) is 4.61. The van der Waals surface area contributed by atoms with Gasteiger partial charge in [-0.25, -0.2) is 0 Å². The smallest absolute Gasteiger partial charge is 0.0323 e. The number of rotatable bonds is 2. The Bertz CT molecular complexity index is 531. The van der Waals surface area contributed by atoms with E-state index in [2.05, 4.69) is 52.3 Å². The van der Waals surface area contributed by atoms with Crippen molar-refractivity contribution in [2.45, 2.75) is 18.9 Å². The van der Waals surface area contributed by atoms with Crippen LogP contribution in [-0.2, 0) is 0 Å². The summed E-state index contributed by atoms with van der Waals surface area (Å²) in [6, 6.07) is 13.1. The number of fused-ring (bicyclic) bond motifs is 1. The molecule has 2 aromatic rings. The highest BCUT2D eigenvalue weighted by molar-refractivity contribution is 9.10. The van der Waals surface area contributed by atoms with Crippen LogP contribution in [-0.4, -0.2) is 0 Å². The summed E-state index contributed by atoms with van der Waals surface area (Å²) in [6.07, 6.45) is 2.58. The molecule has 1 saturated carbocycles. The Balaban J connectivity index is 2.05. The fraction of sp³-hybridized carbons (Fsp3) is 0.286. The molecule has 0 saturated heterocycles. The van der Waals surface area contributed by atoms with E-state index in [-0.39, 0.29) is 6.04 Å². The van der Waals surface area contributed by atoms with Crippen molar-refractivity contribution in [3.63, 3.8) is 0 Å². The SMILES string of the molecule is NC(c1ccc2cc(Br)ccc2c1)C1CC1. The van der Waals surface area contributed by atoms with Crippen molar-refractivity contribution in [3.8, 4) is 0 Å². The van der Waals surface area contributed by atoms with Gasteiger partial charge >= 0.3 is 0 Å². The molecule has 0 amide bonds. The van der Waals surface area contributed by atoms with Gasteiger partial charge in [-0.15, -0.1) is 0 Å². The van der Waals surface area contributed by atoms with Crippen LogP contribution in [0.15, 0.2) is 40.9 Å². The predicted molar refractivity (Wildman–Crippen MR) is 71.3 cm³/mol. The first-order valence-electron chi connectivity index (χ1n) is 5.69. The molecule has 16 heavy (non-hydrogen) atoms. The lowest BCUT2D eigenvalue weighted by molar-refractivity contribution is 0.634. The first-order chi connectivity index (χ1) is 7.74. The molecule has 1 aliphatic carbocycles. The summed E-state index contributed by atoms with van der Waals surface area (Å²) >= 11 is 3.49. The summed E-state index contributed by atoms with van der Waals surface area (Å²) in [4.78, 5) is 0. The summed E-state index contributed by atoms with van der Waals surface area (Å²) < 4.78 is 1.12. The van der Waals surface area contributed by atoms with Crippen molar-refractivity contribution >= 4 is 26.7 Å². The quantitative estimate of drug-likeness (QED) is 0.881. The molecule has 0 aliphatic heterocycles. The average Bonchev–Trinajstić information content (AvgIpc) is 3.11. The third-order valence-electron chi connectivity index (χ3n) is 3.34. The van der Waals surface area contributed by atoms with Gasteiger partial charge in [-0.3, -0.25) is 0 Å². The lowest BCUT2D eigenvalue weighted by Crippen LogP contribution is -2.11. The van der Waals surface area contributed by atoms with Gasteiger partial charge < -0.3 is 5.73 Å². The number of nitrogens with two attached hydrogens (primary N) is 1. The summed E-state index contributed by atoms with van der Waals surface area (Å²) in [6.45, 7) is 0. The molecule has 0 bridgehead atoms. The lowest BCUT2D eigenvalue weighted by atomic mass is 10.00. The molecule has 1 unspecified atom stereocenters. The molecule has 1 fully saturated rings. The van der Waals surface area contributed by atoms with Crippen LogP contribution in [0, 0.1) is 5.92 Å². The standard InChI is InChI=1S/C14H14BrN/c15-13-6-5-10-7-12(4-3-11(10)8-13)14(16)9-1-2-9/h3-9,14H,1-2,16H2. The van der Waals surface area contributed by atoms with Crippen molar-refractivity contribution in [1.29, 1.82) is 0 Å². The number of hydrogen-bond donors (Lipinski definition) is 1. The van der Waals surface area contributed by atoms with Gasteiger partial charge in [-0.05, 0) is 53.3 Å². The number of benzene rings is 2. The highest BCUT2D eigenvalue weighted by Crippen LogP contribution is 2.39. The number of halogens is 1. The Morgan fingerprint density at radius 2 is 1.75 bits per heavy atom. The van der Waals surface area contributed by atoms with Crippen molar-refractivity contribution in [2.24, 2.45) is 11.7 Å². The summed E-state index contributed by atoms with van der Waals surface area (Å²) in [5, 5.41) is 2.54. The normalized spacial score (nSPS) is 17.6. The van der Waals surface area contributed by atoms with Gasteiger partial charge in [0.1, 0.15) is 0 Å². The fourth-order valence-electron chi connectivity index (χ4n) is 2.17. The van der Waals surface area contributed by atoms with E-state index in [0.29, 0.717) is 5.92 Å². The average molecular weight is 276 g/mol. The van der Waals surface area contributed by atoms with Crippen LogP contribution in [0.4, 0.5) is 0 Å². The van der Waals surface area contributed by atoms with Gasteiger partial charge in [0.2, 0.25) is 0 Å². The highest BCUT2D eigenvalue weighted by atomic mass is 79.9. The topological polar surface area (TPSA) is 26.0 Å². The maximum Gasteiger partial charge on any atom is 0.0323 e. The van der Waals surface area contributed by atoms with E-state index in [9.17, 15) is 0 Å². The van der Waals surface area contributed by atoms with Crippen LogP contribution < -0.4 is 5.73 Å². The molecular weight excluding hydrogens is 262 g/mol. The second-order valence-corrected chi connectivity index (χ2v) is 5.53. The van der Waals surface area contributed by atoms with E-state index >= 15 is 0 Å². The Morgan fingerprint density at radius 1 is 1.06 bits per heavy atom. The molecule has 1 atom stereocenters. The molecule has 0 aromatic heterocycles. The third kappa shape index (κ3) is 1.87. The van der Waals surface area contributed by atoms with E-state index in [0.717, 1.165) is 4.47 Å². The van der Waals surface area contributed by atoms with Crippen molar-refractivity contribution in [3.05, 3.63) is 46.4 Å². The summed E-state index contributed by atoms with van der Waals surface area (Å²) in [5.41, 5.74) is 7.49. The largest absolute Gasteiger partial charge is 0.324 e. The van der Waals surface area contributed by atoms with E-state index in [1.807, 2.05) is 0 Å². The molecule has 2 N–H and O–H groups in total. The first-order valence-corrected chi connectivity index (χ1v) is 6.48. The molecule has 82 valence electrons. The zero-order chi connectivity index (χ0) is 11.1. The Morgan fingerprint density at radius 3 is 2.50 bits per heavy atom. The van der Waals surface area contributed by atoms with Gasteiger partial charge in [0.25, 0.3) is 0 Å². The molecule has 0 radical (unpaired) electrons. The Hall–Kier alpha value is -0.860. The van der Waals surface area contributed by atoms with Gasteiger partial charge in [0.05, 0.1) is 0 Å². The minimum absolute atomic E-state index is 0.230. The predicted octanol–water partition coefficient (Wildman–Crippen LogP) is 4.01. The van der Waals surface area contributed by atoms with E-state index < -0.39 is 0 Å². The van der Waals surface area contributed by atoms with Crippen LogP contribution in [0.2, 0.25) is 0 Å². The minimum atomic E-state index is 0.230. The first kappa shape index (κ1) is 10.3. The molecule has 3 rings (SSSR count). The van der Waals surface area contributed by atoms with Gasteiger partial charge in [-0.2, -0.15) is 0 Å². The maximum atomic E-state index is 6.21. The zero-order valence-electron chi connectivity index (χ0n) is 8.99. The van der Waals surface area contributed by atoms with E-state index in [4.69, 9.17) is 5.73 Å². The summed E-state index contributed by atoms with van der Waals surface area (Å²) in [7, 11) is 0. The molecule has 2 heteroatoms. The van der Waals surface area contributed by atoms with Crippen LogP contribution in [0.25, 0.3) is 10.8 Å². The monoisotopic (exact) mass is 275 g/mol. The Kier molecular flexibility index (Phi) is 2.49. The minimum Gasteiger partial charge on any atom is -0.324 e. The van der Waals surface area contributed by atoms with Crippen LogP contribution in [0.5, 0.6) is 0 Å². The van der Waals surface area contributed by atoms with Crippen molar-refractivity contribution < 1.29 is 0 Å². The van der Waals surface area contributed by atoms with Crippen LogP contribution in [0.3, 0.4) is 0 Å². The van der Waals surface area contributed by atoms with Gasteiger partial charge in [0.15, 0.2) is 0 Å². The number of hydrogen-bond acceptors (Lipinski definition) is 1. The van der Waals surface area contributed by atoms with Crippen molar-refractivity contribution in [2.75, 3.05) is 0 Å². The van der Waals surface area contributed by atoms with Crippen LogP contribution in [0.1, 0.15) is 24.4 Å². The molecule has 0 heterocycles. The van der Waals surface area contributed by atoms with Gasteiger partial charge in [0, 0.05) is 10.5 Å². The maximum absolute atomic E-state index is 6.21. The fourth-order valence-corrected chi connectivity index (χ4v) is 2.55. The van der Waals surface area contributed by atoms with Crippen LogP contribution >= 0.6 is 15.9 Å². The highest BCUT2D eigenvalue weighted by Gasteiger charge is 2.29. The molecule has 0 spiro atoms. The second kappa shape index (κ2) is 3.86. The zero-order valence-corrected chi connectivity index (χ0v) is 10.6. The lowest BCUT2D eigenvalue weighted by Gasteiger charge is -2.11. The molecular formula is C14H14BrN. The van der Waals surface area contributed by atoms with E-state index in [1.165, 1.54) is 29.2 Å². The Labute approximate surface area is 104 Å². The van der Waals surface area contributed by atoms with E-state index in [1.54, 1.807) is 0 Å². The molecule has 1 aliphatic rings. The molecule has 1 nitrogen and oxygen atoms in total. The van der Waals surface area contributed by atoms with Gasteiger partial charge in [-0.1, -0.05) is 34.1 Å². The third-order valence-corrected chi connectivity index (χ3v) is 3.83.